The summed E-state index contributed by atoms with van der Waals surface area (Å²) in [5.41, 5.74) is 0.338. The van der Waals surface area contributed by atoms with Crippen molar-refractivity contribution in [3.63, 3.8) is 0 Å². The molecule has 0 aromatic carbocycles. The van der Waals surface area contributed by atoms with E-state index in [-0.39, 0.29) is 0 Å². The summed E-state index contributed by atoms with van der Waals surface area (Å²) in [7, 11) is 12.1. The molecule has 4 radical (unpaired) electrons. The minimum Gasteiger partial charge on any atom is -0.302 e. The average molecular weight is 323 g/mol. The second-order valence-electron chi connectivity index (χ2n) is 8.05. The van der Waals surface area contributed by atoms with Crippen molar-refractivity contribution in [2.75, 3.05) is 65.4 Å². The van der Waals surface area contributed by atoms with Crippen LogP contribution >= 0.6 is 0 Å². The zero-order valence-electron chi connectivity index (χ0n) is 15.9. The molecule has 0 aliphatic carbocycles. The van der Waals surface area contributed by atoms with Gasteiger partial charge in [-0.2, -0.15) is 0 Å². The van der Waals surface area contributed by atoms with E-state index in [0.29, 0.717) is 5.41 Å². The maximum Gasteiger partial charge on any atom is 0.0439 e. The largest absolute Gasteiger partial charge is 0.302 e. The second-order valence-corrected chi connectivity index (χ2v) is 8.05. The fourth-order valence-corrected chi connectivity index (χ4v) is 3.13. The van der Waals surface area contributed by atoms with E-state index in [1.807, 2.05) is 9.80 Å². The Bertz CT molecular complexity index is 300. The van der Waals surface area contributed by atoms with Gasteiger partial charge >= 0.3 is 0 Å². The van der Waals surface area contributed by atoms with Gasteiger partial charge in [-0.25, -0.2) is 0 Å². The van der Waals surface area contributed by atoms with Gasteiger partial charge in [0.1, 0.15) is 0 Å². The summed E-state index contributed by atoms with van der Waals surface area (Å²) in [4.78, 5) is 8.98. The molecule has 23 heavy (non-hydrogen) atoms. The van der Waals surface area contributed by atoms with E-state index in [1.165, 1.54) is 0 Å². The van der Waals surface area contributed by atoms with Crippen molar-refractivity contribution >= 4 is 0 Å². The second kappa shape index (κ2) is 10.7. The molecule has 1 aliphatic rings. The lowest BCUT2D eigenvalue weighted by molar-refractivity contribution is 0.151. The fraction of sp³-hybridized carbons (Fsp3) is 0.895. The van der Waals surface area contributed by atoms with Gasteiger partial charge in [0.25, 0.3) is 0 Å². The van der Waals surface area contributed by atoms with Gasteiger partial charge < -0.3 is 9.80 Å². The van der Waals surface area contributed by atoms with Crippen LogP contribution in [0.5, 0.6) is 0 Å². The molecule has 4 heteroatoms. The van der Waals surface area contributed by atoms with Crippen molar-refractivity contribution in [1.29, 1.82) is 0 Å². The van der Waals surface area contributed by atoms with E-state index in [4.69, 9.17) is 14.1 Å². The molecule has 0 bridgehead atoms. The lowest BCUT2D eigenvalue weighted by Gasteiger charge is -2.33. The molecule has 0 aromatic heterocycles. The van der Waals surface area contributed by atoms with Crippen LogP contribution < -0.4 is 0 Å². The molecule has 0 saturated carbocycles. The highest BCUT2D eigenvalue weighted by Gasteiger charge is 2.17. The lowest BCUT2D eigenvalue weighted by Crippen LogP contribution is -2.41. The molecular weight excluding hydrogens is 284 g/mol. The molecule has 0 unspecified atom stereocenters. The number of hydrogen-bond donors (Lipinski definition) is 0. The van der Waals surface area contributed by atoms with Crippen molar-refractivity contribution in [2.45, 2.75) is 40.5 Å². The highest BCUT2D eigenvalue weighted by molar-refractivity contribution is 4.73. The smallest absolute Gasteiger partial charge is 0.0439 e. The summed E-state index contributed by atoms with van der Waals surface area (Å²) in [5.74, 6) is 0. The molecule has 4 nitrogen and oxygen atoms in total. The van der Waals surface area contributed by atoms with Crippen molar-refractivity contribution in [2.24, 2.45) is 5.41 Å². The Labute approximate surface area is 145 Å². The standard InChI is InChI=1S/C19H38N4/c1-7-22-12-8-10-20(5)14-15-21(6)11-9-13-23(17-16-22)18-19(2,3)4/h5-6H,7-18H2,1-4H3. The van der Waals surface area contributed by atoms with Crippen LogP contribution in [0, 0.1) is 19.5 Å². The zero-order chi connectivity index (χ0) is 17.3. The minimum atomic E-state index is 0.338. The minimum absolute atomic E-state index is 0.338. The van der Waals surface area contributed by atoms with Crippen LogP contribution in [0.15, 0.2) is 0 Å². The van der Waals surface area contributed by atoms with Gasteiger partial charge in [0, 0.05) is 46.8 Å². The first-order chi connectivity index (χ1) is 10.8. The summed E-state index contributed by atoms with van der Waals surface area (Å²) in [5, 5.41) is 0. The van der Waals surface area contributed by atoms with Gasteiger partial charge in [-0.3, -0.25) is 9.80 Å². The molecule has 0 N–H and O–H groups in total. The van der Waals surface area contributed by atoms with Gasteiger partial charge in [0.15, 0.2) is 0 Å². The predicted molar refractivity (Wildman–Crippen MR) is 99.0 cm³/mol. The van der Waals surface area contributed by atoms with E-state index in [9.17, 15) is 0 Å². The molecule has 1 aliphatic heterocycles. The maximum atomic E-state index is 6.09. The Kier molecular flexibility index (Phi) is 9.67. The molecule has 1 heterocycles. The highest BCUT2D eigenvalue weighted by Crippen LogP contribution is 2.15. The van der Waals surface area contributed by atoms with Crippen LogP contribution in [0.1, 0.15) is 40.5 Å². The van der Waals surface area contributed by atoms with Gasteiger partial charge in [-0.1, -0.05) is 27.7 Å². The van der Waals surface area contributed by atoms with Crippen LogP contribution in [-0.4, -0.2) is 85.0 Å². The Morgan fingerprint density at radius 3 is 1.65 bits per heavy atom. The van der Waals surface area contributed by atoms with Gasteiger partial charge in [-0.05, 0) is 51.0 Å². The first kappa shape index (κ1) is 20.9. The number of likely N-dealkylation sites (N-methyl/N-ethyl adjacent to an activating group) is 1. The van der Waals surface area contributed by atoms with Crippen LogP contribution in [0.3, 0.4) is 0 Å². The van der Waals surface area contributed by atoms with Crippen LogP contribution in [0.4, 0.5) is 0 Å². The summed E-state index contributed by atoms with van der Waals surface area (Å²) in [6.45, 7) is 19.6. The summed E-state index contributed by atoms with van der Waals surface area (Å²) >= 11 is 0. The van der Waals surface area contributed by atoms with Crippen LogP contribution in [0.2, 0.25) is 0 Å². The zero-order valence-corrected chi connectivity index (χ0v) is 15.9. The summed E-state index contributed by atoms with van der Waals surface area (Å²) in [6, 6.07) is 0. The molecular formula is C19H38N4. The lowest BCUT2D eigenvalue weighted by atomic mass is 9.96. The Balaban J connectivity index is 2.59. The Morgan fingerprint density at radius 2 is 1.17 bits per heavy atom. The Morgan fingerprint density at radius 1 is 0.696 bits per heavy atom. The van der Waals surface area contributed by atoms with Crippen molar-refractivity contribution in [1.82, 2.24) is 19.6 Å². The molecule has 0 atom stereocenters. The van der Waals surface area contributed by atoms with E-state index in [0.717, 1.165) is 78.3 Å². The Hall–Kier alpha value is -0.160. The van der Waals surface area contributed by atoms with E-state index < -0.39 is 0 Å². The van der Waals surface area contributed by atoms with Crippen LogP contribution in [-0.2, 0) is 0 Å². The maximum absolute atomic E-state index is 6.09. The highest BCUT2D eigenvalue weighted by atomic mass is 15.2. The normalized spacial score (nSPS) is 23.7. The number of hydrogen-bond acceptors (Lipinski definition) is 4. The summed E-state index contributed by atoms with van der Waals surface area (Å²) in [6.07, 6.45) is 2.23. The van der Waals surface area contributed by atoms with E-state index in [2.05, 4.69) is 37.5 Å². The van der Waals surface area contributed by atoms with E-state index >= 15 is 0 Å². The summed E-state index contributed by atoms with van der Waals surface area (Å²) < 4.78 is 0. The fourth-order valence-electron chi connectivity index (χ4n) is 3.13. The van der Waals surface area contributed by atoms with Gasteiger partial charge in [-0.15, -0.1) is 0 Å². The molecule has 0 amide bonds. The quantitative estimate of drug-likeness (QED) is 0.774. The number of rotatable bonds is 2. The molecule has 0 spiro atoms. The monoisotopic (exact) mass is 322 g/mol. The average Bonchev–Trinajstić information content (AvgIpc) is 2.46. The molecule has 0 aromatic rings. The van der Waals surface area contributed by atoms with Crippen molar-refractivity contribution in [3.8, 4) is 0 Å². The van der Waals surface area contributed by atoms with Crippen molar-refractivity contribution in [3.05, 3.63) is 14.1 Å². The van der Waals surface area contributed by atoms with E-state index in [1.54, 1.807) is 0 Å². The van der Waals surface area contributed by atoms with Crippen molar-refractivity contribution < 1.29 is 0 Å². The molecule has 1 rings (SSSR count). The third kappa shape index (κ3) is 10.3. The molecule has 1 fully saturated rings. The molecule has 1 saturated heterocycles. The SMILES string of the molecule is [CH]N1CCCN(CC)CCN(CC(C)(C)C)CCCN([CH])CC1. The van der Waals surface area contributed by atoms with Gasteiger partial charge in [0.05, 0.1) is 0 Å². The number of nitrogens with zero attached hydrogens (tertiary/aromatic N) is 4. The third-order valence-corrected chi connectivity index (χ3v) is 4.39. The molecule has 134 valence electrons. The third-order valence-electron chi connectivity index (χ3n) is 4.39. The first-order valence-corrected chi connectivity index (χ1v) is 9.24. The van der Waals surface area contributed by atoms with Gasteiger partial charge in [0.2, 0.25) is 0 Å². The topological polar surface area (TPSA) is 13.0 Å². The predicted octanol–water partition coefficient (Wildman–Crippen LogP) is 2.39. The van der Waals surface area contributed by atoms with Crippen LogP contribution in [0.25, 0.3) is 0 Å². The first-order valence-electron chi connectivity index (χ1n) is 9.24.